The summed E-state index contributed by atoms with van der Waals surface area (Å²) < 4.78 is 0. The summed E-state index contributed by atoms with van der Waals surface area (Å²) in [6.07, 6.45) is 2.68. The molecule has 0 aliphatic carbocycles. The van der Waals surface area contributed by atoms with Crippen molar-refractivity contribution in [3.63, 3.8) is 0 Å². The molecule has 0 bridgehead atoms. The van der Waals surface area contributed by atoms with Crippen molar-refractivity contribution in [2.24, 2.45) is 0 Å². The van der Waals surface area contributed by atoms with E-state index in [2.05, 4.69) is 4.98 Å². The molecule has 2 aromatic rings. The van der Waals surface area contributed by atoms with Gasteiger partial charge in [0.25, 0.3) is 0 Å². The highest BCUT2D eigenvalue weighted by molar-refractivity contribution is 6.36. The molecule has 0 aliphatic heterocycles. The lowest BCUT2D eigenvalue weighted by molar-refractivity contribution is 1.13. The van der Waals surface area contributed by atoms with Crippen LogP contribution in [-0.2, 0) is 6.42 Å². The fourth-order valence-corrected chi connectivity index (χ4v) is 2.46. The number of nitrogens with zero attached hydrogens (tertiary/aromatic N) is 1. The highest BCUT2D eigenvalue weighted by Gasteiger charge is 2.11. The molecular weight excluding hydrogens is 265 g/mol. The van der Waals surface area contributed by atoms with Crippen LogP contribution in [0.2, 0.25) is 5.02 Å². The van der Waals surface area contributed by atoms with Crippen molar-refractivity contribution < 1.29 is 0 Å². The normalized spacial score (nSPS) is 12.2. The highest BCUT2D eigenvalue weighted by Crippen LogP contribution is 2.30. The third-order valence-corrected chi connectivity index (χ3v) is 3.63. The van der Waals surface area contributed by atoms with Crippen molar-refractivity contribution in [2.75, 3.05) is 0 Å². The van der Waals surface area contributed by atoms with E-state index in [1.54, 1.807) is 0 Å². The molecule has 2 rings (SSSR count). The molecule has 0 unspecified atom stereocenters. The van der Waals surface area contributed by atoms with Gasteiger partial charge in [-0.2, -0.15) is 0 Å². The molecule has 0 aliphatic rings. The number of rotatable bonds is 2. The van der Waals surface area contributed by atoms with E-state index in [0.717, 1.165) is 44.2 Å². The van der Waals surface area contributed by atoms with Gasteiger partial charge in [0.05, 0.1) is 10.5 Å². The third kappa shape index (κ3) is 2.52. The Balaban J connectivity index is 2.66. The van der Waals surface area contributed by atoms with E-state index < -0.39 is 0 Å². The van der Waals surface area contributed by atoms with Gasteiger partial charge in [-0.15, -0.1) is 0 Å². The van der Waals surface area contributed by atoms with Crippen LogP contribution in [0.4, 0.5) is 0 Å². The Morgan fingerprint density at radius 1 is 1.33 bits per heavy atom. The summed E-state index contributed by atoms with van der Waals surface area (Å²) in [5.74, 6) is 0. The Bertz CT molecular complexity index is 626. The molecule has 0 spiro atoms. The van der Waals surface area contributed by atoms with Crippen molar-refractivity contribution in [1.29, 1.82) is 0 Å². The first kappa shape index (κ1) is 13.4. The Morgan fingerprint density at radius 3 is 2.72 bits per heavy atom. The predicted molar refractivity (Wildman–Crippen MR) is 79.5 cm³/mol. The molecular formula is C15H15Cl2N. The van der Waals surface area contributed by atoms with Crippen molar-refractivity contribution in [3.8, 4) is 0 Å². The number of benzene rings is 1. The Hall–Kier alpha value is -1.05. The lowest BCUT2D eigenvalue weighted by atomic mass is 10.0. The second kappa shape index (κ2) is 5.29. The molecule has 0 atom stereocenters. The van der Waals surface area contributed by atoms with E-state index >= 15 is 0 Å². The van der Waals surface area contributed by atoms with Crippen LogP contribution in [0.3, 0.4) is 0 Å². The average molecular weight is 280 g/mol. The SMILES string of the molecule is C/C(Cl)=C/Cc1c(C)nc2c(C)cccc2c1Cl. The van der Waals surface area contributed by atoms with Crippen LogP contribution >= 0.6 is 23.2 Å². The Labute approximate surface area is 117 Å². The van der Waals surface area contributed by atoms with Crippen molar-refractivity contribution in [2.45, 2.75) is 27.2 Å². The smallest absolute Gasteiger partial charge is 0.0749 e. The van der Waals surface area contributed by atoms with Gasteiger partial charge in [-0.05, 0) is 38.3 Å². The number of pyridine rings is 1. The molecule has 0 amide bonds. The lowest BCUT2D eigenvalue weighted by Gasteiger charge is -2.11. The lowest BCUT2D eigenvalue weighted by Crippen LogP contribution is -1.96. The first-order valence-electron chi connectivity index (χ1n) is 5.87. The summed E-state index contributed by atoms with van der Waals surface area (Å²) in [5.41, 5.74) is 4.15. The van der Waals surface area contributed by atoms with Gasteiger partial charge in [0.2, 0.25) is 0 Å². The third-order valence-electron chi connectivity index (χ3n) is 3.04. The molecule has 1 aromatic carbocycles. The van der Waals surface area contributed by atoms with Crippen molar-refractivity contribution >= 4 is 34.1 Å². The molecule has 0 radical (unpaired) electrons. The Morgan fingerprint density at radius 2 is 2.06 bits per heavy atom. The first-order valence-corrected chi connectivity index (χ1v) is 6.63. The summed E-state index contributed by atoms with van der Waals surface area (Å²) in [4.78, 5) is 4.66. The van der Waals surface area contributed by atoms with Crippen LogP contribution in [-0.4, -0.2) is 4.98 Å². The number of aromatic nitrogens is 1. The van der Waals surface area contributed by atoms with E-state index in [-0.39, 0.29) is 0 Å². The van der Waals surface area contributed by atoms with Gasteiger partial charge in [0.15, 0.2) is 0 Å². The molecule has 94 valence electrons. The fourth-order valence-electron chi connectivity index (χ4n) is 2.02. The molecule has 1 heterocycles. The number of fused-ring (bicyclic) bond motifs is 1. The largest absolute Gasteiger partial charge is 0.252 e. The fraction of sp³-hybridized carbons (Fsp3) is 0.267. The highest BCUT2D eigenvalue weighted by atomic mass is 35.5. The van der Waals surface area contributed by atoms with E-state index in [1.807, 2.05) is 45.0 Å². The van der Waals surface area contributed by atoms with E-state index in [1.165, 1.54) is 0 Å². The number of halogens is 2. The van der Waals surface area contributed by atoms with Gasteiger partial charge in [0, 0.05) is 16.1 Å². The zero-order valence-electron chi connectivity index (χ0n) is 10.7. The number of hydrogen-bond acceptors (Lipinski definition) is 1. The molecule has 1 nitrogen and oxygen atoms in total. The maximum atomic E-state index is 6.49. The minimum Gasteiger partial charge on any atom is -0.252 e. The average Bonchev–Trinajstić information content (AvgIpc) is 2.30. The topological polar surface area (TPSA) is 12.9 Å². The minimum atomic E-state index is 0.719. The van der Waals surface area contributed by atoms with Crippen molar-refractivity contribution in [1.82, 2.24) is 4.98 Å². The van der Waals surface area contributed by atoms with Gasteiger partial charge in [-0.1, -0.05) is 47.5 Å². The van der Waals surface area contributed by atoms with Crippen LogP contribution in [0.25, 0.3) is 10.9 Å². The molecule has 0 saturated carbocycles. The number of hydrogen-bond donors (Lipinski definition) is 0. The molecule has 1 aromatic heterocycles. The van der Waals surface area contributed by atoms with Crippen LogP contribution < -0.4 is 0 Å². The van der Waals surface area contributed by atoms with E-state index in [4.69, 9.17) is 23.2 Å². The van der Waals surface area contributed by atoms with E-state index in [0.29, 0.717) is 0 Å². The summed E-state index contributed by atoms with van der Waals surface area (Å²) in [6, 6.07) is 6.07. The van der Waals surface area contributed by atoms with Crippen molar-refractivity contribution in [3.05, 3.63) is 51.2 Å². The summed E-state index contributed by atoms with van der Waals surface area (Å²) in [7, 11) is 0. The second-order valence-electron chi connectivity index (χ2n) is 4.46. The standard InChI is InChI=1S/C15H15Cl2N/c1-9-5-4-6-13-14(17)12(8-7-10(2)16)11(3)18-15(9)13/h4-7H,8H2,1-3H3/b10-7-. The quantitative estimate of drug-likeness (QED) is 0.737. The maximum absolute atomic E-state index is 6.49. The van der Waals surface area contributed by atoms with E-state index in [9.17, 15) is 0 Å². The molecule has 0 N–H and O–H groups in total. The van der Waals surface area contributed by atoms with Crippen LogP contribution in [0.15, 0.2) is 29.3 Å². The van der Waals surface area contributed by atoms with Crippen LogP contribution in [0.5, 0.6) is 0 Å². The first-order chi connectivity index (χ1) is 8.50. The molecule has 0 saturated heterocycles. The second-order valence-corrected chi connectivity index (χ2v) is 5.43. The zero-order chi connectivity index (χ0) is 13.3. The van der Waals surface area contributed by atoms with Crippen LogP contribution in [0, 0.1) is 13.8 Å². The van der Waals surface area contributed by atoms with Crippen LogP contribution in [0.1, 0.15) is 23.7 Å². The van der Waals surface area contributed by atoms with Gasteiger partial charge in [0.1, 0.15) is 0 Å². The Kier molecular flexibility index (Phi) is 3.94. The number of aryl methyl sites for hydroxylation is 2. The summed E-state index contributed by atoms with van der Waals surface area (Å²) >= 11 is 12.4. The number of allylic oxidation sites excluding steroid dienone is 2. The molecule has 0 fully saturated rings. The minimum absolute atomic E-state index is 0.719. The summed E-state index contributed by atoms with van der Waals surface area (Å²) in [5, 5.41) is 2.57. The summed E-state index contributed by atoms with van der Waals surface area (Å²) in [6.45, 7) is 5.90. The number of para-hydroxylation sites is 1. The van der Waals surface area contributed by atoms with Gasteiger partial charge in [-0.3, -0.25) is 4.98 Å². The molecule has 3 heteroatoms. The van der Waals surface area contributed by atoms with Gasteiger partial charge < -0.3 is 0 Å². The molecule has 18 heavy (non-hydrogen) atoms. The maximum Gasteiger partial charge on any atom is 0.0749 e. The van der Waals surface area contributed by atoms with Gasteiger partial charge >= 0.3 is 0 Å². The predicted octanol–water partition coefficient (Wildman–Crippen LogP) is 5.19. The monoisotopic (exact) mass is 279 g/mol. The van der Waals surface area contributed by atoms with Gasteiger partial charge in [-0.25, -0.2) is 0 Å². The zero-order valence-corrected chi connectivity index (χ0v) is 12.2.